The van der Waals surface area contributed by atoms with Crippen molar-refractivity contribution in [2.45, 2.75) is 13.8 Å². The third kappa shape index (κ3) is 4.37. The van der Waals surface area contributed by atoms with E-state index in [4.69, 9.17) is 0 Å². The summed E-state index contributed by atoms with van der Waals surface area (Å²) in [6.45, 7) is 7.50. The molecule has 1 amide bonds. The molecule has 0 aliphatic carbocycles. The first-order valence-corrected chi connectivity index (χ1v) is 9.85. The molecule has 1 aromatic carbocycles. The van der Waals surface area contributed by atoms with E-state index < -0.39 is 0 Å². The number of carbonyl (C=O) groups excluding carboxylic acids is 1. The fourth-order valence-electron chi connectivity index (χ4n) is 3.52. The Morgan fingerprint density at radius 1 is 0.966 bits per heavy atom. The van der Waals surface area contributed by atoms with Crippen LogP contribution in [0.4, 0.5) is 17.2 Å². The van der Waals surface area contributed by atoms with Crippen LogP contribution in [0.3, 0.4) is 0 Å². The molecule has 3 heterocycles. The second kappa shape index (κ2) is 8.31. The van der Waals surface area contributed by atoms with Crippen molar-refractivity contribution in [1.29, 1.82) is 0 Å². The number of hydrogen-bond acceptors (Lipinski definition) is 5. The van der Waals surface area contributed by atoms with Gasteiger partial charge >= 0.3 is 0 Å². The van der Waals surface area contributed by atoms with Crippen LogP contribution in [0.1, 0.15) is 21.5 Å². The van der Waals surface area contributed by atoms with E-state index in [1.54, 1.807) is 6.20 Å². The van der Waals surface area contributed by atoms with Crippen molar-refractivity contribution < 1.29 is 4.79 Å². The van der Waals surface area contributed by atoms with E-state index in [0.29, 0.717) is 5.56 Å². The van der Waals surface area contributed by atoms with Crippen LogP contribution in [0.5, 0.6) is 0 Å². The molecule has 0 spiro atoms. The number of rotatable bonds is 4. The number of nitrogens with zero attached hydrogens (tertiary/aromatic N) is 4. The highest BCUT2D eigenvalue weighted by atomic mass is 16.1. The monoisotopic (exact) mass is 387 g/mol. The van der Waals surface area contributed by atoms with Gasteiger partial charge in [-0.15, -0.1) is 0 Å². The quantitative estimate of drug-likeness (QED) is 0.740. The van der Waals surface area contributed by atoms with Crippen molar-refractivity contribution in [2.24, 2.45) is 0 Å². The zero-order chi connectivity index (χ0) is 20.2. The Morgan fingerprint density at radius 3 is 2.52 bits per heavy atom. The van der Waals surface area contributed by atoms with Crippen molar-refractivity contribution in [3.8, 4) is 0 Å². The van der Waals surface area contributed by atoms with Crippen LogP contribution >= 0.6 is 0 Å². The molecule has 0 atom stereocenters. The van der Waals surface area contributed by atoms with Gasteiger partial charge in [0.05, 0.1) is 17.4 Å². The zero-order valence-electron chi connectivity index (χ0n) is 16.8. The van der Waals surface area contributed by atoms with Crippen molar-refractivity contribution in [1.82, 2.24) is 9.97 Å². The number of aryl methyl sites for hydroxylation is 2. The summed E-state index contributed by atoms with van der Waals surface area (Å²) in [6, 6.07) is 13.9. The highest BCUT2D eigenvalue weighted by Crippen LogP contribution is 2.21. The van der Waals surface area contributed by atoms with Gasteiger partial charge in [0, 0.05) is 44.3 Å². The number of nitrogens with one attached hydrogen (secondary N) is 1. The minimum Gasteiger partial charge on any atom is -0.367 e. The minimum absolute atomic E-state index is 0.139. The van der Waals surface area contributed by atoms with E-state index in [1.807, 2.05) is 68.7 Å². The van der Waals surface area contributed by atoms with Gasteiger partial charge in [0.1, 0.15) is 5.82 Å². The van der Waals surface area contributed by atoms with Crippen LogP contribution in [-0.2, 0) is 0 Å². The van der Waals surface area contributed by atoms with E-state index in [2.05, 4.69) is 25.1 Å². The summed E-state index contributed by atoms with van der Waals surface area (Å²) in [4.78, 5) is 26.1. The summed E-state index contributed by atoms with van der Waals surface area (Å²) in [5.74, 6) is 0.868. The first kappa shape index (κ1) is 18.9. The lowest BCUT2D eigenvalue weighted by Crippen LogP contribution is -2.46. The van der Waals surface area contributed by atoms with E-state index in [-0.39, 0.29) is 5.91 Å². The number of carbonyl (C=O) groups is 1. The summed E-state index contributed by atoms with van der Waals surface area (Å²) in [5.41, 5.74) is 4.53. The molecule has 2 aromatic heterocycles. The predicted molar refractivity (Wildman–Crippen MR) is 117 cm³/mol. The Bertz CT molecular complexity index is 997. The SMILES string of the molecule is Cc1ccc(C)c(NC(=O)c2cncc(N3CCN(c4ccccn4)CC3)c2)c1. The largest absolute Gasteiger partial charge is 0.367 e. The molecule has 148 valence electrons. The van der Waals surface area contributed by atoms with Crippen LogP contribution in [0.25, 0.3) is 0 Å². The number of anilines is 3. The molecule has 3 aromatic rings. The van der Waals surface area contributed by atoms with Gasteiger partial charge in [-0.2, -0.15) is 0 Å². The van der Waals surface area contributed by atoms with E-state index >= 15 is 0 Å². The summed E-state index contributed by atoms with van der Waals surface area (Å²) >= 11 is 0. The van der Waals surface area contributed by atoms with Crippen LogP contribution in [0, 0.1) is 13.8 Å². The van der Waals surface area contributed by atoms with Gasteiger partial charge in [-0.3, -0.25) is 9.78 Å². The number of aromatic nitrogens is 2. The number of pyridine rings is 2. The normalized spacial score (nSPS) is 14.0. The van der Waals surface area contributed by atoms with Crippen LogP contribution < -0.4 is 15.1 Å². The Hall–Kier alpha value is -3.41. The smallest absolute Gasteiger partial charge is 0.257 e. The van der Waals surface area contributed by atoms with Crippen molar-refractivity contribution in [2.75, 3.05) is 41.3 Å². The molecule has 1 aliphatic heterocycles. The van der Waals surface area contributed by atoms with Gasteiger partial charge in [0.15, 0.2) is 0 Å². The maximum Gasteiger partial charge on any atom is 0.257 e. The summed E-state index contributed by atoms with van der Waals surface area (Å²) < 4.78 is 0. The molecule has 6 nitrogen and oxygen atoms in total. The number of amides is 1. The molecule has 1 saturated heterocycles. The molecule has 1 fully saturated rings. The van der Waals surface area contributed by atoms with Gasteiger partial charge in [-0.1, -0.05) is 18.2 Å². The Kier molecular flexibility index (Phi) is 5.42. The third-order valence-electron chi connectivity index (χ3n) is 5.25. The van der Waals surface area contributed by atoms with Crippen LogP contribution in [-0.4, -0.2) is 42.1 Å². The Morgan fingerprint density at radius 2 is 1.76 bits per heavy atom. The van der Waals surface area contributed by atoms with Gasteiger partial charge in [-0.25, -0.2) is 4.98 Å². The average molecular weight is 387 g/mol. The number of benzene rings is 1. The first-order chi connectivity index (χ1) is 14.1. The lowest BCUT2D eigenvalue weighted by Gasteiger charge is -2.36. The lowest BCUT2D eigenvalue weighted by atomic mass is 10.1. The summed E-state index contributed by atoms with van der Waals surface area (Å²) in [6.07, 6.45) is 5.27. The summed E-state index contributed by atoms with van der Waals surface area (Å²) in [5, 5.41) is 3.01. The van der Waals surface area contributed by atoms with Gasteiger partial charge < -0.3 is 15.1 Å². The van der Waals surface area contributed by atoms with Gasteiger partial charge in [0.2, 0.25) is 0 Å². The zero-order valence-corrected chi connectivity index (χ0v) is 16.8. The topological polar surface area (TPSA) is 61.4 Å². The molecule has 29 heavy (non-hydrogen) atoms. The molecule has 1 N–H and O–H groups in total. The van der Waals surface area contributed by atoms with E-state index in [1.165, 1.54) is 0 Å². The molecular formula is C23H25N5O. The molecular weight excluding hydrogens is 362 g/mol. The van der Waals surface area contributed by atoms with Crippen LogP contribution in [0.15, 0.2) is 61.1 Å². The second-order valence-corrected chi connectivity index (χ2v) is 7.37. The molecule has 0 saturated carbocycles. The van der Waals surface area contributed by atoms with E-state index in [0.717, 1.165) is 54.5 Å². The number of hydrogen-bond donors (Lipinski definition) is 1. The van der Waals surface area contributed by atoms with Gasteiger partial charge in [-0.05, 0) is 49.2 Å². The molecule has 0 bridgehead atoms. The third-order valence-corrected chi connectivity index (χ3v) is 5.25. The molecule has 1 aliphatic rings. The average Bonchev–Trinajstić information content (AvgIpc) is 2.77. The standard InChI is InChI=1S/C23H25N5O/c1-17-6-7-18(2)21(13-17)26-23(29)19-14-20(16-24-15-19)27-9-11-28(12-10-27)22-5-3-4-8-25-22/h3-8,13-16H,9-12H2,1-2H3,(H,26,29). The summed E-state index contributed by atoms with van der Waals surface area (Å²) in [7, 11) is 0. The molecule has 0 radical (unpaired) electrons. The predicted octanol–water partition coefficient (Wildman–Crippen LogP) is 3.67. The maximum absolute atomic E-state index is 12.8. The van der Waals surface area contributed by atoms with Crippen molar-refractivity contribution >= 4 is 23.1 Å². The fraction of sp³-hybridized carbons (Fsp3) is 0.261. The first-order valence-electron chi connectivity index (χ1n) is 9.85. The van der Waals surface area contributed by atoms with Gasteiger partial charge in [0.25, 0.3) is 5.91 Å². The minimum atomic E-state index is -0.139. The Balaban J connectivity index is 1.44. The van der Waals surface area contributed by atoms with Crippen molar-refractivity contribution in [3.63, 3.8) is 0 Å². The molecule has 0 unspecified atom stereocenters. The second-order valence-electron chi connectivity index (χ2n) is 7.37. The molecule has 4 rings (SSSR count). The Labute approximate surface area is 171 Å². The van der Waals surface area contributed by atoms with Crippen LogP contribution in [0.2, 0.25) is 0 Å². The lowest BCUT2D eigenvalue weighted by molar-refractivity contribution is 0.102. The fourth-order valence-corrected chi connectivity index (χ4v) is 3.52. The highest BCUT2D eigenvalue weighted by molar-refractivity contribution is 6.05. The van der Waals surface area contributed by atoms with Crippen molar-refractivity contribution in [3.05, 3.63) is 77.7 Å². The molecule has 6 heteroatoms. The number of piperazine rings is 1. The highest BCUT2D eigenvalue weighted by Gasteiger charge is 2.19. The maximum atomic E-state index is 12.8. The van der Waals surface area contributed by atoms with E-state index in [9.17, 15) is 4.79 Å².